The first-order valence-electron chi connectivity index (χ1n) is 5.25. The standard InChI is InChI=1S/C11H13N5OS/c1-14-11(9(6-12)7-13)15-3-5-18-8-10-2-4-17-16-10/h2,4,14-15H,3,5,8H2,1H3. The molecule has 2 N–H and O–H groups in total. The van der Waals surface area contributed by atoms with Crippen molar-refractivity contribution in [3.05, 3.63) is 29.4 Å². The minimum Gasteiger partial charge on any atom is -0.373 e. The summed E-state index contributed by atoms with van der Waals surface area (Å²) >= 11 is 1.69. The highest BCUT2D eigenvalue weighted by molar-refractivity contribution is 7.98. The number of allylic oxidation sites excluding steroid dienone is 1. The summed E-state index contributed by atoms with van der Waals surface area (Å²) in [5, 5.41) is 27.0. The van der Waals surface area contributed by atoms with Gasteiger partial charge in [0, 0.05) is 31.2 Å². The summed E-state index contributed by atoms with van der Waals surface area (Å²) in [6.45, 7) is 0.658. The highest BCUT2D eigenvalue weighted by Gasteiger charge is 2.03. The van der Waals surface area contributed by atoms with Gasteiger partial charge < -0.3 is 15.2 Å². The molecule has 0 spiro atoms. The predicted molar refractivity (Wildman–Crippen MR) is 68.0 cm³/mol. The van der Waals surface area contributed by atoms with Gasteiger partial charge in [0.25, 0.3) is 0 Å². The molecule has 1 aromatic rings. The van der Waals surface area contributed by atoms with Gasteiger partial charge in [-0.2, -0.15) is 22.3 Å². The molecule has 18 heavy (non-hydrogen) atoms. The van der Waals surface area contributed by atoms with Crippen LogP contribution in [0.3, 0.4) is 0 Å². The van der Waals surface area contributed by atoms with Gasteiger partial charge in [-0.25, -0.2) is 0 Å². The van der Waals surface area contributed by atoms with Gasteiger partial charge in [0.1, 0.15) is 24.2 Å². The quantitative estimate of drug-likeness (QED) is 0.559. The second kappa shape index (κ2) is 8.04. The first-order chi connectivity index (χ1) is 8.81. The van der Waals surface area contributed by atoms with Gasteiger partial charge in [-0.15, -0.1) is 0 Å². The number of hydrogen-bond acceptors (Lipinski definition) is 7. The van der Waals surface area contributed by atoms with E-state index in [-0.39, 0.29) is 5.57 Å². The second-order valence-electron chi connectivity index (χ2n) is 3.19. The summed E-state index contributed by atoms with van der Waals surface area (Å²) in [5.74, 6) is 2.07. The van der Waals surface area contributed by atoms with Crippen molar-refractivity contribution < 1.29 is 4.52 Å². The Morgan fingerprint density at radius 2 is 2.28 bits per heavy atom. The molecule has 94 valence electrons. The lowest BCUT2D eigenvalue weighted by Gasteiger charge is -2.09. The van der Waals surface area contributed by atoms with Crippen LogP contribution in [-0.2, 0) is 5.75 Å². The monoisotopic (exact) mass is 263 g/mol. The van der Waals surface area contributed by atoms with Crippen LogP contribution in [0.25, 0.3) is 0 Å². The van der Waals surface area contributed by atoms with Crippen LogP contribution in [0.2, 0.25) is 0 Å². The Kier molecular flexibility index (Phi) is 6.23. The molecular weight excluding hydrogens is 250 g/mol. The third-order valence-electron chi connectivity index (χ3n) is 2.01. The van der Waals surface area contributed by atoms with E-state index >= 15 is 0 Å². The Balaban J connectivity index is 2.27. The van der Waals surface area contributed by atoms with Crippen LogP contribution in [0.5, 0.6) is 0 Å². The maximum atomic E-state index is 8.72. The third-order valence-corrected chi connectivity index (χ3v) is 3.01. The zero-order valence-corrected chi connectivity index (χ0v) is 10.8. The Morgan fingerprint density at radius 3 is 2.83 bits per heavy atom. The van der Waals surface area contributed by atoms with Gasteiger partial charge in [0.2, 0.25) is 0 Å². The summed E-state index contributed by atoms with van der Waals surface area (Å²) in [6, 6.07) is 5.48. The van der Waals surface area contributed by atoms with Gasteiger partial charge >= 0.3 is 0 Å². The van der Waals surface area contributed by atoms with Crippen molar-refractivity contribution in [1.29, 1.82) is 10.5 Å². The molecule has 6 nitrogen and oxygen atoms in total. The van der Waals surface area contributed by atoms with E-state index in [0.717, 1.165) is 17.2 Å². The molecule has 0 saturated carbocycles. The molecule has 0 saturated heterocycles. The minimum absolute atomic E-state index is 0.0546. The zero-order valence-electron chi connectivity index (χ0n) is 9.93. The van der Waals surface area contributed by atoms with Crippen molar-refractivity contribution in [1.82, 2.24) is 15.8 Å². The van der Waals surface area contributed by atoms with E-state index in [1.54, 1.807) is 25.1 Å². The molecule has 0 aromatic carbocycles. The molecule has 0 atom stereocenters. The lowest BCUT2D eigenvalue weighted by Crippen LogP contribution is -2.27. The zero-order chi connectivity index (χ0) is 13.2. The average molecular weight is 263 g/mol. The van der Waals surface area contributed by atoms with Gasteiger partial charge in [0.15, 0.2) is 5.57 Å². The number of nitrogens with zero attached hydrogens (tertiary/aromatic N) is 3. The van der Waals surface area contributed by atoms with E-state index in [1.807, 2.05) is 18.2 Å². The van der Waals surface area contributed by atoms with Crippen LogP contribution in [-0.4, -0.2) is 24.5 Å². The van der Waals surface area contributed by atoms with Gasteiger partial charge in [0.05, 0.1) is 5.69 Å². The smallest absolute Gasteiger partial charge is 0.169 e. The van der Waals surface area contributed by atoms with Crippen molar-refractivity contribution in [2.75, 3.05) is 19.3 Å². The molecular formula is C11H13N5OS. The number of nitriles is 2. The van der Waals surface area contributed by atoms with Crippen LogP contribution >= 0.6 is 11.8 Å². The second-order valence-corrected chi connectivity index (χ2v) is 4.30. The number of hydrogen-bond donors (Lipinski definition) is 2. The average Bonchev–Trinajstić information content (AvgIpc) is 2.90. The number of rotatable bonds is 7. The number of aromatic nitrogens is 1. The minimum atomic E-state index is 0.0546. The lowest BCUT2D eigenvalue weighted by molar-refractivity contribution is 0.414. The van der Waals surface area contributed by atoms with E-state index < -0.39 is 0 Å². The number of nitrogens with one attached hydrogen (secondary N) is 2. The van der Waals surface area contributed by atoms with E-state index in [0.29, 0.717) is 12.4 Å². The summed E-state index contributed by atoms with van der Waals surface area (Å²) in [5.41, 5.74) is 0.957. The molecule has 0 aliphatic carbocycles. The van der Waals surface area contributed by atoms with Crippen molar-refractivity contribution >= 4 is 11.8 Å². The van der Waals surface area contributed by atoms with E-state index in [2.05, 4.69) is 15.8 Å². The summed E-state index contributed by atoms with van der Waals surface area (Å²) in [7, 11) is 1.67. The highest BCUT2D eigenvalue weighted by Crippen LogP contribution is 2.09. The van der Waals surface area contributed by atoms with Crippen LogP contribution in [0.15, 0.2) is 28.2 Å². The maximum Gasteiger partial charge on any atom is 0.169 e. The summed E-state index contributed by atoms with van der Waals surface area (Å²) in [6.07, 6.45) is 1.54. The fourth-order valence-electron chi connectivity index (χ4n) is 1.18. The van der Waals surface area contributed by atoms with Crippen molar-refractivity contribution in [3.63, 3.8) is 0 Å². The number of thioether (sulfide) groups is 1. The SMILES string of the molecule is CNC(NCCSCc1ccon1)=C(C#N)C#N. The molecule has 1 aromatic heterocycles. The Morgan fingerprint density at radius 1 is 1.50 bits per heavy atom. The molecule has 1 heterocycles. The first kappa shape index (κ1) is 13.9. The lowest BCUT2D eigenvalue weighted by atomic mass is 10.3. The molecule has 0 aliphatic heterocycles. The molecule has 1 rings (SSSR count). The molecule has 0 unspecified atom stereocenters. The van der Waals surface area contributed by atoms with E-state index in [9.17, 15) is 0 Å². The largest absolute Gasteiger partial charge is 0.373 e. The molecule has 0 amide bonds. The van der Waals surface area contributed by atoms with Crippen LogP contribution in [0, 0.1) is 22.7 Å². The summed E-state index contributed by atoms with van der Waals surface area (Å²) < 4.78 is 4.72. The van der Waals surface area contributed by atoms with Crippen LogP contribution < -0.4 is 10.6 Å². The van der Waals surface area contributed by atoms with Gasteiger partial charge in [-0.05, 0) is 0 Å². The maximum absolute atomic E-state index is 8.72. The highest BCUT2D eigenvalue weighted by atomic mass is 32.2. The van der Waals surface area contributed by atoms with E-state index in [4.69, 9.17) is 15.0 Å². The van der Waals surface area contributed by atoms with Crippen molar-refractivity contribution in [2.45, 2.75) is 5.75 Å². The topological polar surface area (TPSA) is 97.7 Å². The summed E-state index contributed by atoms with van der Waals surface area (Å²) in [4.78, 5) is 0. The van der Waals surface area contributed by atoms with Crippen LogP contribution in [0.1, 0.15) is 5.69 Å². The molecule has 0 bridgehead atoms. The van der Waals surface area contributed by atoms with Crippen molar-refractivity contribution in [3.8, 4) is 12.1 Å². The predicted octanol–water partition coefficient (Wildman–Crippen LogP) is 0.976. The molecule has 0 radical (unpaired) electrons. The normalized spacial score (nSPS) is 9.06. The van der Waals surface area contributed by atoms with Crippen LogP contribution in [0.4, 0.5) is 0 Å². The Hall–Kier alpha value is -2.12. The first-order valence-corrected chi connectivity index (χ1v) is 6.40. The molecule has 7 heteroatoms. The Labute approximate surface area is 110 Å². The van der Waals surface area contributed by atoms with Crippen molar-refractivity contribution in [2.24, 2.45) is 0 Å². The molecule has 0 fully saturated rings. The molecule has 0 aliphatic rings. The fraction of sp³-hybridized carbons (Fsp3) is 0.364. The Bertz CT molecular complexity index is 453. The third kappa shape index (κ3) is 4.40. The van der Waals surface area contributed by atoms with Gasteiger partial charge in [-0.3, -0.25) is 0 Å². The van der Waals surface area contributed by atoms with Gasteiger partial charge in [-0.1, -0.05) is 5.16 Å². The van der Waals surface area contributed by atoms with E-state index in [1.165, 1.54) is 0 Å². The fourth-order valence-corrected chi connectivity index (χ4v) is 1.92.